The normalized spacial score (nSPS) is 14.4. The van der Waals surface area contributed by atoms with Crippen LogP contribution in [-0.4, -0.2) is 30.5 Å². The first-order valence-electron chi connectivity index (χ1n) is 5.73. The minimum atomic E-state index is -0.601. The van der Waals surface area contributed by atoms with Crippen molar-refractivity contribution in [1.29, 1.82) is 0 Å². The highest BCUT2D eigenvalue weighted by molar-refractivity contribution is 5.48. The van der Waals surface area contributed by atoms with Gasteiger partial charge in [-0.3, -0.25) is 0 Å². The number of rotatable bonds is 6. The number of aliphatic hydroxyl groups excluding tert-OH is 1. The zero-order valence-corrected chi connectivity index (χ0v) is 10.6. The van der Waals surface area contributed by atoms with Gasteiger partial charge in [0.15, 0.2) is 0 Å². The van der Waals surface area contributed by atoms with Crippen LogP contribution in [0.2, 0.25) is 0 Å². The summed E-state index contributed by atoms with van der Waals surface area (Å²) in [7, 11) is 0. The van der Waals surface area contributed by atoms with Gasteiger partial charge in [-0.15, -0.1) is 0 Å². The second-order valence-electron chi connectivity index (χ2n) is 4.50. The Morgan fingerprint density at radius 3 is 2.65 bits per heavy atom. The Morgan fingerprint density at radius 1 is 1.41 bits per heavy atom. The Kier molecular flexibility index (Phi) is 4.90. The van der Waals surface area contributed by atoms with E-state index in [0.29, 0.717) is 18.9 Å². The van der Waals surface area contributed by atoms with Gasteiger partial charge in [0.1, 0.15) is 5.82 Å². The van der Waals surface area contributed by atoms with Crippen LogP contribution in [0.25, 0.3) is 0 Å². The number of anilines is 1. The van der Waals surface area contributed by atoms with Crippen LogP contribution < -0.4 is 5.32 Å². The predicted molar refractivity (Wildman–Crippen MR) is 66.7 cm³/mol. The van der Waals surface area contributed by atoms with E-state index in [-0.39, 0.29) is 12.4 Å². The molecule has 0 saturated carbocycles. The van der Waals surface area contributed by atoms with Gasteiger partial charge in [0.05, 0.1) is 18.8 Å². The fourth-order valence-corrected chi connectivity index (χ4v) is 1.61. The molecule has 1 aromatic rings. The Morgan fingerprint density at radius 2 is 2.12 bits per heavy atom. The number of aliphatic hydroxyl groups is 1. The molecule has 17 heavy (non-hydrogen) atoms. The molecule has 0 heterocycles. The Balaban J connectivity index is 2.79. The number of halogens is 1. The van der Waals surface area contributed by atoms with Crippen molar-refractivity contribution in [3.8, 4) is 0 Å². The van der Waals surface area contributed by atoms with Crippen LogP contribution in [-0.2, 0) is 4.74 Å². The van der Waals surface area contributed by atoms with Gasteiger partial charge < -0.3 is 15.2 Å². The van der Waals surface area contributed by atoms with Gasteiger partial charge in [-0.25, -0.2) is 4.39 Å². The highest BCUT2D eigenvalue weighted by atomic mass is 19.1. The van der Waals surface area contributed by atoms with E-state index in [9.17, 15) is 9.50 Å². The lowest BCUT2D eigenvalue weighted by Crippen LogP contribution is -2.43. The van der Waals surface area contributed by atoms with E-state index in [0.717, 1.165) is 5.56 Å². The van der Waals surface area contributed by atoms with Crippen molar-refractivity contribution in [3.63, 3.8) is 0 Å². The molecule has 1 aromatic carbocycles. The Labute approximate surface area is 102 Å². The average Bonchev–Trinajstić information content (AvgIpc) is 2.25. The van der Waals surface area contributed by atoms with Gasteiger partial charge in [-0.2, -0.15) is 0 Å². The molecular weight excluding hydrogens is 221 g/mol. The fraction of sp³-hybridized carbons (Fsp3) is 0.538. The van der Waals surface area contributed by atoms with Crippen molar-refractivity contribution >= 4 is 5.69 Å². The largest absolute Gasteiger partial charge is 0.394 e. The fourth-order valence-electron chi connectivity index (χ4n) is 1.61. The maximum absolute atomic E-state index is 13.2. The molecule has 0 radical (unpaired) electrons. The van der Waals surface area contributed by atoms with Gasteiger partial charge in [-0.05, 0) is 44.5 Å². The van der Waals surface area contributed by atoms with E-state index in [1.54, 1.807) is 0 Å². The number of ether oxygens (including phenoxy) is 1. The quantitative estimate of drug-likeness (QED) is 0.803. The first-order chi connectivity index (χ1) is 7.99. The molecule has 3 nitrogen and oxygen atoms in total. The van der Waals surface area contributed by atoms with Crippen molar-refractivity contribution < 1.29 is 14.2 Å². The minimum Gasteiger partial charge on any atom is -0.394 e. The van der Waals surface area contributed by atoms with E-state index in [1.165, 1.54) is 12.1 Å². The zero-order chi connectivity index (χ0) is 12.9. The lowest BCUT2D eigenvalue weighted by Gasteiger charge is -2.29. The summed E-state index contributed by atoms with van der Waals surface area (Å²) in [4.78, 5) is 0. The summed E-state index contributed by atoms with van der Waals surface area (Å²) in [6, 6.07) is 4.71. The van der Waals surface area contributed by atoms with Gasteiger partial charge in [0.25, 0.3) is 0 Å². The molecule has 2 N–H and O–H groups in total. The van der Waals surface area contributed by atoms with E-state index in [4.69, 9.17) is 4.74 Å². The first kappa shape index (κ1) is 13.9. The third kappa shape index (κ3) is 4.32. The number of hydrogen-bond donors (Lipinski definition) is 2. The monoisotopic (exact) mass is 241 g/mol. The molecule has 0 fully saturated rings. The molecule has 0 aromatic heterocycles. The number of nitrogens with one attached hydrogen (secondary N) is 1. The average molecular weight is 241 g/mol. The van der Waals surface area contributed by atoms with Crippen molar-refractivity contribution in [2.45, 2.75) is 26.3 Å². The molecule has 0 spiro atoms. The molecule has 0 saturated heterocycles. The molecule has 0 amide bonds. The van der Waals surface area contributed by atoms with E-state index in [2.05, 4.69) is 5.32 Å². The van der Waals surface area contributed by atoms with Crippen LogP contribution in [0, 0.1) is 12.7 Å². The van der Waals surface area contributed by atoms with Crippen molar-refractivity contribution in [2.75, 3.05) is 25.1 Å². The molecule has 0 aliphatic carbocycles. The maximum atomic E-state index is 13.2. The van der Waals surface area contributed by atoms with Crippen LogP contribution in [0.15, 0.2) is 18.2 Å². The lowest BCUT2D eigenvalue weighted by atomic mass is 10.0. The number of aryl methyl sites for hydroxylation is 1. The molecule has 1 unspecified atom stereocenters. The summed E-state index contributed by atoms with van der Waals surface area (Å²) in [5, 5.41) is 12.5. The predicted octanol–water partition coefficient (Wildman–Crippen LogP) is 2.33. The molecule has 0 aliphatic heterocycles. The standard InChI is InChI=1S/C13H20FNO2/c1-4-17-9-13(3,8-16)15-12-6-10(2)5-11(14)7-12/h5-7,15-16H,4,8-9H2,1-3H3. The molecule has 4 heteroatoms. The highest BCUT2D eigenvalue weighted by Crippen LogP contribution is 2.18. The second kappa shape index (κ2) is 5.98. The second-order valence-corrected chi connectivity index (χ2v) is 4.50. The van der Waals surface area contributed by atoms with Crippen LogP contribution in [0.5, 0.6) is 0 Å². The summed E-state index contributed by atoms with van der Waals surface area (Å²) >= 11 is 0. The molecule has 0 bridgehead atoms. The SMILES string of the molecule is CCOCC(C)(CO)Nc1cc(C)cc(F)c1. The smallest absolute Gasteiger partial charge is 0.125 e. The summed E-state index contributed by atoms with van der Waals surface area (Å²) in [5.41, 5.74) is 0.888. The van der Waals surface area contributed by atoms with Gasteiger partial charge in [-0.1, -0.05) is 0 Å². The third-order valence-corrected chi connectivity index (χ3v) is 2.46. The van der Waals surface area contributed by atoms with Gasteiger partial charge in [0, 0.05) is 12.3 Å². The molecule has 96 valence electrons. The molecule has 0 aliphatic rings. The molecule has 1 rings (SSSR count). The topological polar surface area (TPSA) is 41.5 Å². The van der Waals surface area contributed by atoms with E-state index in [1.807, 2.05) is 26.8 Å². The van der Waals surface area contributed by atoms with Crippen molar-refractivity contribution in [1.82, 2.24) is 0 Å². The maximum Gasteiger partial charge on any atom is 0.125 e. The van der Waals surface area contributed by atoms with Gasteiger partial charge >= 0.3 is 0 Å². The molecular formula is C13H20FNO2. The summed E-state index contributed by atoms with van der Waals surface area (Å²) in [6.45, 7) is 6.43. The Hall–Kier alpha value is -1.13. The van der Waals surface area contributed by atoms with Gasteiger partial charge in [0.2, 0.25) is 0 Å². The highest BCUT2D eigenvalue weighted by Gasteiger charge is 2.23. The Bertz CT molecular complexity index is 350. The summed E-state index contributed by atoms with van der Waals surface area (Å²) < 4.78 is 18.5. The zero-order valence-electron chi connectivity index (χ0n) is 10.6. The van der Waals surface area contributed by atoms with Crippen LogP contribution >= 0.6 is 0 Å². The lowest BCUT2D eigenvalue weighted by molar-refractivity contribution is 0.0797. The first-order valence-corrected chi connectivity index (χ1v) is 5.73. The van der Waals surface area contributed by atoms with Crippen molar-refractivity contribution in [2.24, 2.45) is 0 Å². The van der Waals surface area contributed by atoms with Crippen LogP contribution in [0.4, 0.5) is 10.1 Å². The summed E-state index contributed by atoms with van der Waals surface area (Å²) in [6.07, 6.45) is 0. The summed E-state index contributed by atoms with van der Waals surface area (Å²) in [5.74, 6) is -0.288. The number of benzene rings is 1. The van der Waals surface area contributed by atoms with Crippen molar-refractivity contribution in [3.05, 3.63) is 29.6 Å². The minimum absolute atomic E-state index is 0.0808. The molecule has 1 atom stereocenters. The third-order valence-electron chi connectivity index (χ3n) is 2.46. The van der Waals surface area contributed by atoms with Crippen LogP contribution in [0.3, 0.4) is 0 Å². The van der Waals surface area contributed by atoms with E-state index >= 15 is 0 Å². The van der Waals surface area contributed by atoms with Crippen LogP contribution in [0.1, 0.15) is 19.4 Å². The number of hydrogen-bond acceptors (Lipinski definition) is 3. The van der Waals surface area contributed by atoms with E-state index < -0.39 is 5.54 Å².